The van der Waals surface area contributed by atoms with Gasteiger partial charge in [0.1, 0.15) is 11.2 Å². The summed E-state index contributed by atoms with van der Waals surface area (Å²) in [5.74, 6) is 0. The molecule has 44 heavy (non-hydrogen) atoms. The number of hydrogen-bond acceptors (Lipinski definition) is 3. The minimum absolute atomic E-state index is 0.396. The molecule has 0 saturated heterocycles. The van der Waals surface area contributed by atoms with E-state index in [9.17, 15) is 0 Å². The maximum absolute atomic E-state index is 6.38. The fourth-order valence-electron chi connectivity index (χ4n) is 7.78. The highest BCUT2D eigenvalue weighted by Gasteiger charge is 2.50. The molecule has 1 aromatic heterocycles. The molecule has 2 aliphatic rings. The topological polar surface area (TPSA) is 25.2 Å². The number of benzene rings is 7. The Morgan fingerprint density at radius 1 is 0.500 bits per heavy atom. The molecule has 0 fully saturated rings. The lowest BCUT2D eigenvalue weighted by Gasteiger charge is -2.40. The van der Waals surface area contributed by atoms with Gasteiger partial charge in [-0.2, -0.15) is 0 Å². The highest BCUT2D eigenvalue weighted by atomic mass is 32.2. The molecule has 0 unspecified atom stereocenters. The Morgan fingerprint density at radius 3 is 2.02 bits per heavy atom. The summed E-state index contributed by atoms with van der Waals surface area (Å²) >= 11 is 1.87. The summed E-state index contributed by atoms with van der Waals surface area (Å²) in [5, 5.41) is 8.53. The fraction of sp³-hybridized carbons (Fsp3) is 0.0244. The SMILES string of the molecule is c1ccc2c(c1)Sc1ccc(Nc3cccc4oc5ccc6ccccc6c5c34)cc1C21c2ccccc2-c2ccccc21. The smallest absolute Gasteiger partial charge is 0.137 e. The Hall–Kier alpha value is -5.25. The molecule has 7 aromatic carbocycles. The summed E-state index contributed by atoms with van der Waals surface area (Å²) in [4.78, 5) is 2.60. The lowest BCUT2D eigenvalue weighted by atomic mass is 9.67. The molecule has 0 saturated carbocycles. The third kappa shape index (κ3) is 3.12. The lowest BCUT2D eigenvalue weighted by Crippen LogP contribution is -2.32. The van der Waals surface area contributed by atoms with Crippen molar-refractivity contribution >= 4 is 55.8 Å². The van der Waals surface area contributed by atoms with Crippen molar-refractivity contribution in [1.29, 1.82) is 0 Å². The lowest BCUT2D eigenvalue weighted by molar-refractivity contribution is 0.669. The quantitative estimate of drug-likeness (QED) is 0.220. The van der Waals surface area contributed by atoms with Crippen LogP contribution in [0.3, 0.4) is 0 Å². The van der Waals surface area contributed by atoms with Crippen molar-refractivity contribution in [2.75, 3.05) is 5.32 Å². The van der Waals surface area contributed by atoms with E-state index in [1.54, 1.807) is 0 Å². The first-order valence-electron chi connectivity index (χ1n) is 15.0. The van der Waals surface area contributed by atoms with Crippen molar-refractivity contribution in [3.63, 3.8) is 0 Å². The van der Waals surface area contributed by atoms with Crippen molar-refractivity contribution in [3.8, 4) is 11.1 Å². The Balaban J connectivity index is 1.22. The molecule has 0 bridgehead atoms. The number of nitrogens with one attached hydrogen (secondary N) is 1. The van der Waals surface area contributed by atoms with Crippen LogP contribution in [-0.4, -0.2) is 0 Å². The molecule has 1 aliphatic heterocycles. The Bertz CT molecular complexity index is 2430. The molecule has 0 amide bonds. The highest BCUT2D eigenvalue weighted by Crippen LogP contribution is 2.62. The number of fused-ring (bicyclic) bond motifs is 14. The van der Waals surface area contributed by atoms with E-state index in [4.69, 9.17) is 4.42 Å². The minimum atomic E-state index is -0.396. The van der Waals surface area contributed by atoms with E-state index in [0.717, 1.165) is 33.3 Å². The van der Waals surface area contributed by atoms with Gasteiger partial charge in [0.2, 0.25) is 0 Å². The van der Waals surface area contributed by atoms with Gasteiger partial charge in [-0.15, -0.1) is 0 Å². The zero-order valence-corrected chi connectivity index (χ0v) is 24.5. The van der Waals surface area contributed by atoms with Gasteiger partial charge in [0, 0.05) is 20.9 Å². The van der Waals surface area contributed by atoms with E-state index in [1.807, 2.05) is 11.8 Å². The predicted octanol–water partition coefficient (Wildman–Crippen LogP) is 11.3. The van der Waals surface area contributed by atoms with Crippen LogP contribution in [0.25, 0.3) is 43.8 Å². The summed E-state index contributed by atoms with van der Waals surface area (Å²) < 4.78 is 6.38. The maximum Gasteiger partial charge on any atom is 0.137 e. The molecule has 1 spiro atoms. The van der Waals surface area contributed by atoms with Crippen LogP contribution >= 0.6 is 11.8 Å². The average molecular weight is 580 g/mol. The molecule has 2 nitrogen and oxygen atoms in total. The molecule has 3 heteroatoms. The summed E-state index contributed by atoms with van der Waals surface area (Å²) in [6.45, 7) is 0. The average Bonchev–Trinajstić information content (AvgIpc) is 3.61. The standard InChI is InChI=1S/C41H25NOS/c1-2-11-27-25(10-1)20-22-36-39(27)40-34(17-9-18-35(40)43-36)42-26-21-23-38-33(24-26)41(32-16-7-8-19-37(32)44-38)30-14-5-3-12-28(30)29-13-4-6-15-31(29)41/h1-24,42H. The molecule has 1 N–H and O–H groups in total. The fourth-order valence-corrected chi connectivity index (χ4v) is 8.95. The van der Waals surface area contributed by atoms with Gasteiger partial charge in [-0.1, -0.05) is 115 Å². The second kappa shape index (κ2) is 8.89. The molecular weight excluding hydrogens is 555 g/mol. The Kier molecular flexibility index (Phi) is 4.89. The first-order chi connectivity index (χ1) is 21.8. The van der Waals surface area contributed by atoms with Crippen molar-refractivity contribution < 1.29 is 4.42 Å². The molecular formula is C41H25NOS. The van der Waals surface area contributed by atoms with Crippen LogP contribution in [0.4, 0.5) is 11.4 Å². The van der Waals surface area contributed by atoms with Crippen LogP contribution in [0.1, 0.15) is 22.3 Å². The second-order valence-electron chi connectivity index (χ2n) is 11.7. The van der Waals surface area contributed by atoms with E-state index in [-0.39, 0.29) is 0 Å². The van der Waals surface area contributed by atoms with Gasteiger partial charge in [-0.3, -0.25) is 0 Å². The van der Waals surface area contributed by atoms with Crippen molar-refractivity contribution in [2.24, 2.45) is 0 Å². The molecule has 2 heterocycles. The zero-order chi connectivity index (χ0) is 28.8. The maximum atomic E-state index is 6.38. The first kappa shape index (κ1) is 24.2. The molecule has 8 aromatic rings. The zero-order valence-electron chi connectivity index (χ0n) is 23.7. The van der Waals surface area contributed by atoms with Gasteiger partial charge in [0.05, 0.1) is 16.5 Å². The van der Waals surface area contributed by atoms with Gasteiger partial charge in [-0.05, 0) is 86.6 Å². The van der Waals surface area contributed by atoms with Gasteiger partial charge in [0.15, 0.2) is 0 Å². The van der Waals surface area contributed by atoms with E-state index < -0.39 is 5.41 Å². The summed E-state index contributed by atoms with van der Waals surface area (Å²) in [6, 6.07) is 52.9. The number of hydrogen-bond donors (Lipinski definition) is 1. The second-order valence-corrected chi connectivity index (χ2v) is 12.8. The van der Waals surface area contributed by atoms with E-state index in [1.165, 1.54) is 53.9 Å². The third-order valence-electron chi connectivity index (χ3n) is 9.51. The molecule has 0 atom stereocenters. The van der Waals surface area contributed by atoms with Crippen LogP contribution in [0.15, 0.2) is 160 Å². The van der Waals surface area contributed by atoms with Crippen molar-refractivity contribution in [3.05, 3.63) is 168 Å². The number of rotatable bonds is 2. The van der Waals surface area contributed by atoms with Crippen molar-refractivity contribution in [2.45, 2.75) is 15.2 Å². The molecule has 0 radical (unpaired) electrons. The van der Waals surface area contributed by atoms with E-state index >= 15 is 0 Å². The molecule has 10 rings (SSSR count). The predicted molar refractivity (Wildman–Crippen MR) is 182 cm³/mol. The van der Waals surface area contributed by atoms with E-state index in [0.29, 0.717) is 0 Å². The van der Waals surface area contributed by atoms with Gasteiger partial charge < -0.3 is 9.73 Å². The number of furan rings is 1. The highest BCUT2D eigenvalue weighted by molar-refractivity contribution is 7.99. The van der Waals surface area contributed by atoms with Crippen LogP contribution in [0.5, 0.6) is 0 Å². The van der Waals surface area contributed by atoms with E-state index in [2.05, 4.69) is 151 Å². The molecule has 1 aliphatic carbocycles. The monoisotopic (exact) mass is 579 g/mol. The number of anilines is 2. The molecule has 206 valence electrons. The normalized spacial score (nSPS) is 14.0. The third-order valence-corrected chi connectivity index (χ3v) is 10.7. The largest absolute Gasteiger partial charge is 0.456 e. The van der Waals surface area contributed by atoms with Gasteiger partial charge in [0.25, 0.3) is 0 Å². The van der Waals surface area contributed by atoms with Crippen LogP contribution < -0.4 is 5.32 Å². The first-order valence-corrected chi connectivity index (χ1v) is 15.8. The van der Waals surface area contributed by atoms with Gasteiger partial charge >= 0.3 is 0 Å². The minimum Gasteiger partial charge on any atom is -0.456 e. The summed E-state index contributed by atoms with van der Waals surface area (Å²) in [7, 11) is 0. The summed E-state index contributed by atoms with van der Waals surface area (Å²) in [5.41, 5.74) is 11.5. The van der Waals surface area contributed by atoms with Crippen molar-refractivity contribution in [1.82, 2.24) is 0 Å². The van der Waals surface area contributed by atoms with Crippen LogP contribution in [0, 0.1) is 0 Å². The summed E-state index contributed by atoms with van der Waals surface area (Å²) in [6.07, 6.45) is 0. The van der Waals surface area contributed by atoms with Gasteiger partial charge in [-0.25, -0.2) is 0 Å². The van der Waals surface area contributed by atoms with Crippen LogP contribution in [-0.2, 0) is 5.41 Å². The van der Waals surface area contributed by atoms with Crippen LogP contribution in [0.2, 0.25) is 0 Å². The Morgan fingerprint density at radius 2 is 1.18 bits per heavy atom. The Labute approximate surface area is 259 Å².